The topological polar surface area (TPSA) is 38.3 Å². The average molecular weight is 446 g/mol. The van der Waals surface area contributed by atoms with Crippen LogP contribution in [0.25, 0.3) is 0 Å². The molecule has 2 aromatic carbocycles. The van der Waals surface area contributed by atoms with Gasteiger partial charge in [0, 0.05) is 6.54 Å². The minimum Gasteiger partial charge on any atom is -0.483 e. The summed E-state index contributed by atoms with van der Waals surface area (Å²) >= 11 is 3.54. The molecule has 28 heavy (non-hydrogen) atoms. The maximum absolute atomic E-state index is 12.0. The Morgan fingerprint density at radius 1 is 1.11 bits per heavy atom. The van der Waals surface area contributed by atoms with Gasteiger partial charge >= 0.3 is 0 Å². The SMILES string of the molecule is CC(C)c1ccc(CCCNC(=O)COc2ccc(C(C)(C)C)cc2Br)cc1. The fourth-order valence-electron chi connectivity index (χ4n) is 2.87. The van der Waals surface area contributed by atoms with Gasteiger partial charge in [-0.15, -0.1) is 0 Å². The lowest BCUT2D eigenvalue weighted by atomic mass is 9.87. The van der Waals surface area contributed by atoms with E-state index in [0.29, 0.717) is 18.2 Å². The number of carbonyl (C=O) groups is 1. The summed E-state index contributed by atoms with van der Waals surface area (Å²) < 4.78 is 6.53. The van der Waals surface area contributed by atoms with Crippen LogP contribution in [0.1, 0.15) is 63.6 Å². The van der Waals surface area contributed by atoms with Crippen LogP contribution in [0.3, 0.4) is 0 Å². The molecule has 0 aliphatic rings. The standard InChI is InChI=1S/C24H32BrNO2/c1-17(2)19-10-8-18(9-11-19)7-6-14-26-23(27)16-28-22-13-12-20(15-21(22)25)24(3,4)5/h8-13,15,17H,6-7,14,16H2,1-5H3,(H,26,27). The van der Waals surface area contributed by atoms with E-state index in [1.165, 1.54) is 16.7 Å². The van der Waals surface area contributed by atoms with E-state index < -0.39 is 0 Å². The molecular formula is C24H32BrNO2. The molecule has 1 amide bonds. The smallest absolute Gasteiger partial charge is 0.257 e. The second-order valence-electron chi connectivity index (χ2n) is 8.53. The van der Waals surface area contributed by atoms with E-state index >= 15 is 0 Å². The lowest BCUT2D eigenvalue weighted by Gasteiger charge is -2.20. The molecule has 2 aromatic rings. The van der Waals surface area contributed by atoms with E-state index in [4.69, 9.17) is 4.74 Å². The molecule has 0 spiro atoms. The predicted molar refractivity (Wildman–Crippen MR) is 120 cm³/mol. The first-order valence-corrected chi connectivity index (χ1v) is 10.7. The van der Waals surface area contributed by atoms with E-state index in [1.807, 2.05) is 12.1 Å². The molecule has 0 atom stereocenters. The molecule has 0 aliphatic heterocycles. The van der Waals surface area contributed by atoms with Crippen molar-refractivity contribution in [3.8, 4) is 5.75 Å². The number of aryl methyl sites for hydroxylation is 1. The van der Waals surface area contributed by atoms with Crippen LogP contribution in [0.2, 0.25) is 0 Å². The maximum Gasteiger partial charge on any atom is 0.257 e. The molecule has 4 heteroatoms. The number of hydrogen-bond acceptors (Lipinski definition) is 2. The normalized spacial score (nSPS) is 11.5. The summed E-state index contributed by atoms with van der Waals surface area (Å²) in [4.78, 5) is 12.0. The van der Waals surface area contributed by atoms with E-state index in [0.717, 1.165) is 17.3 Å². The fraction of sp³-hybridized carbons (Fsp3) is 0.458. The van der Waals surface area contributed by atoms with Crippen molar-refractivity contribution in [3.05, 3.63) is 63.6 Å². The molecule has 0 aliphatic carbocycles. The van der Waals surface area contributed by atoms with Crippen molar-refractivity contribution in [1.82, 2.24) is 5.32 Å². The highest BCUT2D eigenvalue weighted by Crippen LogP contribution is 2.31. The van der Waals surface area contributed by atoms with Crippen LogP contribution in [-0.4, -0.2) is 19.1 Å². The zero-order chi connectivity index (χ0) is 20.7. The number of amides is 1. The zero-order valence-electron chi connectivity index (χ0n) is 17.6. The minimum absolute atomic E-state index is 0.0244. The molecule has 0 bridgehead atoms. The lowest BCUT2D eigenvalue weighted by molar-refractivity contribution is -0.123. The van der Waals surface area contributed by atoms with Crippen molar-refractivity contribution in [2.24, 2.45) is 0 Å². The molecule has 1 N–H and O–H groups in total. The van der Waals surface area contributed by atoms with Gasteiger partial charge in [-0.25, -0.2) is 0 Å². The summed E-state index contributed by atoms with van der Waals surface area (Å²) in [6.07, 6.45) is 1.87. The highest BCUT2D eigenvalue weighted by molar-refractivity contribution is 9.10. The number of halogens is 1. The molecule has 0 radical (unpaired) electrons. The predicted octanol–water partition coefficient (Wildman–Crippen LogP) is 6.00. The Morgan fingerprint density at radius 2 is 1.79 bits per heavy atom. The Balaban J connectivity index is 1.71. The molecular weight excluding hydrogens is 414 g/mol. The van der Waals surface area contributed by atoms with E-state index in [2.05, 4.69) is 86.2 Å². The van der Waals surface area contributed by atoms with Crippen molar-refractivity contribution in [3.63, 3.8) is 0 Å². The quantitative estimate of drug-likeness (QED) is 0.506. The second kappa shape index (κ2) is 10.1. The molecule has 0 unspecified atom stereocenters. The Labute approximate surface area is 178 Å². The lowest BCUT2D eigenvalue weighted by Crippen LogP contribution is -2.30. The first-order valence-electron chi connectivity index (χ1n) is 9.95. The van der Waals surface area contributed by atoms with Gasteiger partial charge in [0.05, 0.1) is 4.47 Å². The molecule has 3 nitrogen and oxygen atoms in total. The van der Waals surface area contributed by atoms with E-state index in [1.54, 1.807) is 0 Å². The number of carbonyl (C=O) groups excluding carboxylic acids is 1. The van der Waals surface area contributed by atoms with Gasteiger partial charge in [0.1, 0.15) is 5.75 Å². The summed E-state index contributed by atoms with van der Waals surface area (Å²) in [6.45, 7) is 11.6. The summed E-state index contributed by atoms with van der Waals surface area (Å²) in [7, 11) is 0. The zero-order valence-corrected chi connectivity index (χ0v) is 19.2. The van der Waals surface area contributed by atoms with Gasteiger partial charge in [0.25, 0.3) is 5.91 Å². The number of nitrogens with one attached hydrogen (secondary N) is 1. The first-order chi connectivity index (χ1) is 13.2. The third-order valence-corrected chi connectivity index (χ3v) is 5.39. The molecule has 0 saturated carbocycles. The first kappa shape index (κ1) is 22.5. The molecule has 0 heterocycles. The third kappa shape index (κ3) is 6.97. The number of hydrogen-bond donors (Lipinski definition) is 1. The van der Waals surface area contributed by atoms with Crippen LogP contribution in [0, 0.1) is 0 Å². The maximum atomic E-state index is 12.0. The van der Waals surface area contributed by atoms with Gasteiger partial charge in [0.15, 0.2) is 6.61 Å². The Hall–Kier alpha value is -1.81. The minimum atomic E-state index is -0.0954. The molecule has 152 valence electrons. The monoisotopic (exact) mass is 445 g/mol. The van der Waals surface area contributed by atoms with Crippen molar-refractivity contribution in [2.45, 2.75) is 58.8 Å². The summed E-state index contributed by atoms with van der Waals surface area (Å²) in [5.41, 5.74) is 3.96. The molecule has 0 saturated heterocycles. The van der Waals surface area contributed by atoms with Crippen molar-refractivity contribution in [2.75, 3.05) is 13.2 Å². The average Bonchev–Trinajstić information content (AvgIpc) is 2.63. The van der Waals surface area contributed by atoms with Gasteiger partial charge in [-0.2, -0.15) is 0 Å². The van der Waals surface area contributed by atoms with E-state index in [9.17, 15) is 4.79 Å². The van der Waals surface area contributed by atoms with Gasteiger partial charge in [0.2, 0.25) is 0 Å². The third-order valence-electron chi connectivity index (χ3n) is 4.77. The van der Waals surface area contributed by atoms with Gasteiger partial charge in [-0.05, 0) is 68.9 Å². The number of benzene rings is 2. The van der Waals surface area contributed by atoms with Crippen molar-refractivity contribution < 1.29 is 9.53 Å². The molecule has 2 rings (SSSR count). The van der Waals surface area contributed by atoms with Crippen molar-refractivity contribution >= 4 is 21.8 Å². The van der Waals surface area contributed by atoms with Gasteiger partial charge in [-0.1, -0.05) is 65.0 Å². The van der Waals surface area contributed by atoms with Crippen LogP contribution in [-0.2, 0) is 16.6 Å². The van der Waals surface area contributed by atoms with Crippen LogP contribution >= 0.6 is 15.9 Å². The highest BCUT2D eigenvalue weighted by Gasteiger charge is 2.15. The van der Waals surface area contributed by atoms with Crippen LogP contribution in [0.5, 0.6) is 5.75 Å². The van der Waals surface area contributed by atoms with E-state index in [-0.39, 0.29) is 17.9 Å². The van der Waals surface area contributed by atoms with Crippen molar-refractivity contribution in [1.29, 1.82) is 0 Å². The molecule has 0 fully saturated rings. The Kier molecular flexibility index (Phi) is 8.11. The Bertz CT molecular complexity index is 776. The Morgan fingerprint density at radius 3 is 2.36 bits per heavy atom. The fourth-order valence-corrected chi connectivity index (χ4v) is 3.36. The van der Waals surface area contributed by atoms with Gasteiger partial charge in [-0.3, -0.25) is 4.79 Å². The number of ether oxygens (including phenoxy) is 1. The number of rotatable bonds is 8. The molecule has 0 aromatic heterocycles. The largest absolute Gasteiger partial charge is 0.483 e. The van der Waals surface area contributed by atoms with Crippen LogP contribution in [0.15, 0.2) is 46.9 Å². The van der Waals surface area contributed by atoms with Gasteiger partial charge < -0.3 is 10.1 Å². The summed E-state index contributed by atoms with van der Waals surface area (Å²) in [6, 6.07) is 14.8. The van der Waals surface area contributed by atoms with Crippen LogP contribution < -0.4 is 10.1 Å². The second-order valence-corrected chi connectivity index (χ2v) is 9.39. The van der Waals surface area contributed by atoms with Crippen LogP contribution in [0.4, 0.5) is 0 Å². The summed E-state index contributed by atoms with van der Waals surface area (Å²) in [5, 5.41) is 2.93. The highest BCUT2D eigenvalue weighted by atomic mass is 79.9. The summed E-state index contributed by atoms with van der Waals surface area (Å²) in [5.74, 6) is 1.15.